The monoisotopic (exact) mass is 526 g/mol. The largest absolute Gasteiger partial charge is 0.491 e. The lowest BCUT2D eigenvalue weighted by Gasteiger charge is -2.34. The van der Waals surface area contributed by atoms with Gasteiger partial charge in [-0.2, -0.15) is 0 Å². The molecule has 0 fully saturated rings. The molecule has 2 rings (SSSR count). The van der Waals surface area contributed by atoms with Gasteiger partial charge >= 0.3 is 5.97 Å². The first-order valence-corrected chi connectivity index (χ1v) is 14.3. The number of aliphatic hydroxyl groups excluding tert-OH is 2. The summed E-state index contributed by atoms with van der Waals surface area (Å²) in [5.41, 5.74) is 5.90. The molecule has 0 aliphatic rings. The van der Waals surface area contributed by atoms with E-state index in [4.69, 9.17) is 9.84 Å². The molecule has 5 nitrogen and oxygen atoms in total. The molecule has 0 aromatic heterocycles. The van der Waals surface area contributed by atoms with Gasteiger partial charge in [0, 0.05) is 11.8 Å². The summed E-state index contributed by atoms with van der Waals surface area (Å²) in [5, 5.41) is 29.6. The van der Waals surface area contributed by atoms with Crippen LogP contribution >= 0.6 is 0 Å². The Balaban J connectivity index is 2.22. The van der Waals surface area contributed by atoms with Crippen molar-refractivity contribution in [2.45, 2.75) is 117 Å². The van der Waals surface area contributed by atoms with Gasteiger partial charge in [0.25, 0.3) is 0 Å². The molecule has 0 saturated heterocycles. The van der Waals surface area contributed by atoms with Gasteiger partial charge in [-0.15, -0.1) is 0 Å². The Morgan fingerprint density at radius 2 is 1.53 bits per heavy atom. The number of ether oxygens (including phenoxy) is 1. The molecule has 0 bridgehead atoms. The molecule has 2 aromatic rings. The molecule has 0 spiro atoms. The zero-order valence-corrected chi connectivity index (χ0v) is 24.6. The Bertz CT molecular complexity index is 1040. The van der Waals surface area contributed by atoms with E-state index in [9.17, 15) is 15.0 Å². The van der Waals surface area contributed by atoms with Crippen LogP contribution < -0.4 is 4.74 Å². The van der Waals surface area contributed by atoms with Crippen LogP contribution in [0.15, 0.2) is 36.4 Å². The van der Waals surface area contributed by atoms with E-state index in [2.05, 4.69) is 71.9 Å². The van der Waals surface area contributed by atoms with Crippen molar-refractivity contribution in [3.63, 3.8) is 0 Å². The third-order valence-corrected chi connectivity index (χ3v) is 8.44. The lowest BCUT2D eigenvalue weighted by atomic mass is 9.69. The van der Waals surface area contributed by atoms with E-state index in [1.54, 1.807) is 0 Å². The predicted octanol–water partition coefficient (Wildman–Crippen LogP) is 7.13. The fourth-order valence-electron chi connectivity index (χ4n) is 5.67. The van der Waals surface area contributed by atoms with Gasteiger partial charge in [-0.1, -0.05) is 71.4 Å². The summed E-state index contributed by atoms with van der Waals surface area (Å²) in [5.74, 6) is -0.211. The number of carbonyl (C=O) groups is 1. The second kappa shape index (κ2) is 14.1. The number of carboxylic acid groups (broad SMARTS) is 1. The summed E-state index contributed by atoms with van der Waals surface area (Å²) in [6, 6.07) is 13.1. The SMILES string of the molecule is CCCC(C)(C)C(O)CCc1ccc(C(CC)(CC)c2ccc(OCC(O)CCC(=O)O)c(C)c2)cc1C. The first kappa shape index (κ1) is 31.8. The van der Waals surface area contributed by atoms with E-state index in [1.807, 2.05) is 13.0 Å². The molecule has 5 heteroatoms. The van der Waals surface area contributed by atoms with E-state index in [0.717, 1.165) is 44.1 Å². The van der Waals surface area contributed by atoms with Crippen LogP contribution in [-0.4, -0.2) is 40.1 Å². The second-order valence-corrected chi connectivity index (χ2v) is 11.6. The van der Waals surface area contributed by atoms with E-state index >= 15 is 0 Å². The number of aliphatic carboxylic acids is 1. The average Bonchev–Trinajstić information content (AvgIpc) is 2.87. The van der Waals surface area contributed by atoms with Crippen molar-refractivity contribution in [3.8, 4) is 5.75 Å². The summed E-state index contributed by atoms with van der Waals surface area (Å²) < 4.78 is 5.83. The van der Waals surface area contributed by atoms with E-state index < -0.39 is 12.1 Å². The molecule has 0 radical (unpaired) electrons. The standard InChI is InChI=1S/C33H50O5/c1-8-19-32(6,7)30(35)17-12-25-11-13-26(20-23(25)4)33(9-2,10-3)27-14-16-29(24(5)21-27)38-22-28(34)15-18-31(36)37/h11,13-14,16,20-21,28,30,34-35H,8-10,12,15,17-19,22H2,1-7H3,(H,36,37). The molecule has 2 aromatic carbocycles. The zero-order valence-electron chi connectivity index (χ0n) is 24.6. The number of benzene rings is 2. The van der Waals surface area contributed by atoms with Crippen molar-refractivity contribution in [1.82, 2.24) is 0 Å². The Morgan fingerprint density at radius 3 is 2.05 bits per heavy atom. The molecule has 3 N–H and O–H groups in total. The maximum atomic E-state index is 10.8. The maximum absolute atomic E-state index is 10.8. The third-order valence-electron chi connectivity index (χ3n) is 8.44. The molecule has 0 amide bonds. The first-order valence-electron chi connectivity index (χ1n) is 14.3. The Labute approximate surface area is 230 Å². The highest BCUT2D eigenvalue weighted by Crippen LogP contribution is 2.41. The molecule has 38 heavy (non-hydrogen) atoms. The Kier molecular flexibility index (Phi) is 11.8. The molecule has 0 saturated carbocycles. The van der Waals surface area contributed by atoms with Crippen molar-refractivity contribution in [2.24, 2.45) is 5.41 Å². The van der Waals surface area contributed by atoms with Crippen LogP contribution in [0.5, 0.6) is 5.75 Å². The highest BCUT2D eigenvalue weighted by Gasteiger charge is 2.32. The Morgan fingerprint density at radius 1 is 0.921 bits per heavy atom. The van der Waals surface area contributed by atoms with Gasteiger partial charge < -0.3 is 20.1 Å². The minimum absolute atomic E-state index is 0.0630. The quantitative estimate of drug-likeness (QED) is 0.216. The fraction of sp³-hybridized carbons (Fsp3) is 0.606. The summed E-state index contributed by atoms with van der Waals surface area (Å²) >= 11 is 0. The van der Waals surface area contributed by atoms with Crippen LogP contribution in [0.3, 0.4) is 0 Å². The van der Waals surface area contributed by atoms with Crippen LogP contribution in [-0.2, 0) is 16.6 Å². The fourth-order valence-corrected chi connectivity index (χ4v) is 5.67. The average molecular weight is 527 g/mol. The maximum Gasteiger partial charge on any atom is 0.303 e. The van der Waals surface area contributed by atoms with Crippen LogP contribution in [0.4, 0.5) is 0 Å². The number of hydrogen-bond donors (Lipinski definition) is 3. The smallest absolute Gasteiger partial charge is 0.303 e. The first-order chi connectivity index (χ1) is 17.9. The van der Waals surface area contributed by atoms with Crippen LogP contribution in [0.2, 0.25) is 0 Å². The highest BCUT2D eigenvalue weighted by molar-refractivity contribution is 5.66. The Hall–Kier alpha value is -2.37. The van der Waals surface area contributed by atoms with Crippen molar-refractivity contribution in [3.05, 3.63) is 64.2 Å². The number of aliphatic hydroxyl groups is 2. The predicted molar refractivity (Wildman–Crippen MR) is 155 cm³/mol. The van der Waals surface area contributed by atoms with Gasteiger partial charge in [0.15, 0.2) is 0 Å². The normalized spacial score (nSPS) is 13.8. The molecule has 0 heterocycles. The molecule has 212 valence electrons. The lowest BCUT2D eigenvalue weighted by molar-refractivity contribution is -0.137. The summed E-state index contributed by atoms with van der Waals surface area (Å²) in [6.45, 7) is 15.2. The summed E-state index contributed by atoms with van der Waals surface area (Å²) in [7, 11) is 0. The molecule has 2 atom stereocenters. The van der Waals surface area contributed by atoms with E-state index in [1.165, 1.54) is 22.3 Å². The molecule has 0 aliphatic carbocycles. The number of hydrogen-bond acceptors (Lipinski definition) is 4. The van der Waals surface area contributed by atoms with Crippen LogP contribution in [0.25, 0.3) is 0 Å². The number of aryl methyl sites for hydroxylation is 3. The van der Waals surface area contributed by atoms with Gasteiger partial charge in [0.05, 0.1) is 12.2 Å². The van der Waals surface area contributed by atoms with Crippen molar-refractivity contribution in [2.75, 3.05) is 6.61 Å². The van der Waals surface area contributed by atoms with Crippen LogP contribution in [0, 0.1) is 19.3 Å². The molecular formula is C33H50O5. The van der Waals surface area contributed by atoms with Crippen molar-refractivity contribution >= 4 is 5.97 Å². The molecule has 0 aliphatic heterocycles. The summed E-state index contributed by atoms with van der Waals surface area (Å²) in [4.78, 5) is 10.7. The highest BCUT2D eigenvalue weighted by atomic mass is 16.5. The molecular weight excluding hydrogens is 476 g/mol. The topological polar surface area (TPSA) is 87.0 Å². The number of rotatable bonds is 16. The van der Waals surface area contributed by atoms with E-state index in [0.29, 0.717) is 5.75 Å². The molecule has 2 unspecified atom stereocenters. The second-order valence-electron chi connectivity index (χ2n) is 11.6. The van der Waals surface area contributed by atoms with Crippen molar-refractivity contribution < 1.29 is 24.9 Å². The minimum atomic E-state index is -0.920. The third kappa shape index (κ3) is 8.07. The van der Waals surface area contributed by atoms with Gasteiger partial charge in [-0.3, -0.25) is 4.79 Å². The number of carboxylic acids is 1. The lowest BCUT2D eigenvalue weighted by Crippen LogP contribution is -2.29. The minimum Gasteiger partial charge on any atom is -0.491 e. The zero-order chi connectivity index (χ0) is 28.5. The summed E-state index contributed by atoms with van der Waals surface area (Å²) in [6.07, 6.45) is 4.63. The van der Waals surface area contributed by atoms with Gasteiger partial charge in [-0.25, -0.2) is 0 Å². The van der Waals surface area contributed by atoms with Gasteiger partial charge in [-0.05, 0) is 91.7 Å². The van der Waals surface area contributed by atoms with Crippen molar-refractivity contribution in [1.29, 1.82) is 0 Å². The van der Waals surface area contributed by atoms with Crippen LogP contribution in [0.1, 0.15) is 107 Å². The van der Waals surface area contributed by atoms with Gasteiger partial charge in [0.2, 0.25) is 0 Å². The van der Waals surface area contributed by atoms with Gasteiger partial charge in [0.1, 0.15) is 12.4 Å². The van der Waals surface area contributed by atoms with E-state index in [-0.39, 0.29) is 36.4 Å².